The van der Waals surface area contributed by atoms with Gasteiger partial charge in [0.15, 0.2) is 0 Å². The average Bonchev–Trinajstić information content (AvgIpc) is 2.74. The molecule has 0 aliphatic heterocycles. The molecule has 0 aliphatic rings. The van der Waals surface area contributed by atoms with Crippen molar-refractivity contribution < 1.29 is 13.2 Å². The lowest BCUT2D eigenvalue weighted by molar-refractivity contribution is 0.0955. The number of hydrazone groups is 1. The van der Waals surface area contributed by atoms with E-state index in [9.17, 15) is 13.2 Å². The molecule has 32 heavy (non-hydrogen) atoms. The molecule has 1 N–H and O–H groups in total. The molecule has 0 bridgehead atoms. The fraction of sp³-hybridized carbons (Fsp3) is 0.0909. The highest BCUT2D eigenvalue weighted by atomic mass is 35.5. The molecule has 0 atom stereocenters. The van der Waals surface area contributed by atoms with Gasteiger partial charge in [-0.2, -0.15) is 5.10 Å². The van der Waals surface area contributed by atoms with E-state index in [1.165, 1.54) is 22.7 Å². The van der Waals surface area contributed by atoms with Crippen molar-refractivity contribution in [3.05, 3.63) is 98.5 Å². The summed E-state index contributed by atoms with van der Waals surface area (Å²) >= 11 is 18.1. The van der Waals surface area contributed by atoms with Gasteiger partial charge in [-0.1, -0.05) is 59.1 Å². The third-order valence-electron chi connectivity index (χ3n) is 4.42. The van der Waals surface area contributed by atoms with Gasteiger partial charge in [-0.05, 0) is 48.0 Å². The van der Waals surface area contributed by atoms with Crippen molar-refractivity contribution in [3.8, 4) is 0 Å². The Morgan fingerprint density at radius 2 is 1.69 bits per heavy atom. The number of amides is 1. The van der Waals surface area contributed by atoms with Crippen molar-refractivity contribution in [2.45, 2.75) is 6.54 Å². The van der Waals surface area contributed by atoms with Crippen LogP contribution in [0.25, 0.3) is 0 Å². The van der Waals surface area contributed by atoms with E-state index in [2.05, 4.69) is 10.5 Å². The predicted octanol–water partition coefficient (Wildman–Crippen LogP) is 5.38. The second-order valence-corrected chi connectivity index (χ2v) is 9.93. The molecule has 1 amide bonds. The number of carbonyl (C=O) groups is 1. The van der Waals surface area contributed by atoms with Crippen molar-refractivity contribution in [1.82, 2.24) is 5.43 Å². The van der Waals surface area contributed by atoms with E-state index in [1.807, 2.05) is 0 Å². The number of rotatable bonds is 7. The van der Waals surface area contributed by atoms with Gasteiger partial charge in [-0.25, -0.2) is 13.8 Å². The number of carbonyl (C=O) groups excluding carboxylic acids is 1. The molecular weight excluding hydrogens is 493 g/mol. The number of benzene rings is 3. The lowest BCUT2D eigenvalue weighted by Crippen LogP contribution is -2.29. The molecule has 0 radical (unpaired) electrons. The molecule has 0 saturated carbocycles. The van der Waals surface area contributed by atoms with Gasteiger partial charge in [0.05, 0.1) is 29.7 Å². The van der Waals surface area contributed by atoms with E-state index in [0.717, 1.165) is 6.26 Å². The average molecular weight is 511 g/mol. The Morgan fingerprint density at radius 1 is 1.00 bits per heavy atom. The van der Waals surface area contributed by atoms with Crippen molar-refractivity contribution in [2.75, 3.05) is 10.6 Å². The van der Waals surface area contributed by atoms with E-state index in [1.54, 1.807) is 54.6 Å². The van der Waals surface area contributed by atoms with Crippen LogP contribution in [-0.2, 0) is 16.6 Å². The van der Waals surface area contributed by atoms with Crippen LogP contribution >= 0.6 is 34.8 Å². The molecule has 3 aromatic carbocycles. The fourth-order valence-corrected chi connectivity index (χ4v) is 4.32. The van der Waals surface area contributed by atoms with Crippen LogP contribution in [0.5, 0.6) is 0 Å². The first-order valence-corrected chi connectivity index (χ1v) is 12.2. The highest BCUT2D eigenvalue weighted by Gasteiger charge is 2.19. The summed E-state index contributed by atoms with van der Waals surface area (Å²) in [6, 6.07) is 18.0. The molecule has 0 aromatic heterocycles. The largest absolute Gasteiger partial charge is 0.271 e. The van der Waals surface area contributed by atoms with Gasteiger partial charge < -0.3 is 0 Å². The molecule has 0 unspecified atom stereocenters. The van der Waals surface area contributed by atoms with Gasteiger partial charge in [-0.15, -0.1) is 0 Å². The maximum atomic E-state index is 12.4. The molecule has 0 fully saturated rings. The van der Waals surface area contributed by atoms with Gasteiger partial charge in [0.25, 0.3) is 5.91 Å². The van der Waals surface area contributed by atoms with Crippen LogP contribution in [0.2, 0.25) is 15.1 Å². The molecule has 166 valence electrons. The Balaban J connectivity index is 1.73. The molecule has 0 heterocycles. The smallest absolute Gasteiger partial charge is 0.267 e. The lowest BCUT2D eigenvalue weighted by atomic mass is 10.2. The first-order chi connectivity index (χ1) is 15.1. The quantitative estimate of drug-likeness (QED) is 0.342. The minimum absolute atomic E-state index is 0.0657. The second-order valence-electron chi connectivity index (χ2n) is 6.77. The maximum Gasteiger partial charge on any atom is 0.271 e. The predicted molar refractivity (Wildman–Crippen MR) is 130 cm³/mol. The van der Waals surface area contributed by atoms with E-state index < -0.39 is 15.9 Å². The summed E-state index contributed by atoms with van der Waals surface area (Å²) in [5.41, 5.74) is 4.37. The minimum atomic E-state index is -3.59. The molecule has 0 saturated heterocycles. The fourth-order valence-electron chi connectivity index (χ4n) is 2.79. The minimum Gasteiger partial charge on any atom is -0.267 e. The van der Waals surface area contributed by atoms with Gasteiger partial charge >= 0.3 is 0 Å². The van der Waals surface area contributed by atoms with E-state index >= 15 is 0 Å². The summed E-state index contributed by atoms with van der Waals surface area (Å²) in [6.07, 6.45) is 2.51. The molecule has 3 rings (SSSR count). The van der Waals surface area contributed by atoms with Crippen LogP contribution in [-0.4, -0.2) is 26.8 Å². The first-order valence-electron chi connectivity index (χ1n) is 9.25. The number of anilines is 1. The van der Waals surface area contributed by atoms with Crippen LogP contribution in [0.1, 0.15) is 21.5 Å². The van der Waals surface area contributed by atoms with Gasteiger partial charge in [0.2, 0.25) is 10.0 Å². The molecular formula is C22H18Cl3N3O3S. The summed E-state index contributed by atoms with van der Waals surface area (Å²) < 4.78 is 25.9. The monoisotopic (exact) mass is 509 g/mol. The third-order valence-corrected chi connectivity index (χ3v) is 6.49. The van der Waals surface area contributed by atoms with E-state index in [-0.39, 0.29) is 6.54 Å². The van der Waals surface area contributed by atoms with Gasteiger partial charge in [0.1, 0.15) is 0 Å². The van der Waals surface area contributed by atoms with E-state index in [0.29, 0.717) is 37.4 Å². The summed E-state index contributed by atoms with van der Waals surface area (Å²) in [4.78, 5) is 12.4. The lowest BCUT2D eigenvalue weighted by Gasteiger charge is -2.23. The normalized spacial score (nSPS) is 11.5. The number of nitrogens with zero attached hydrogens (tertiary/aromatic N) is 2. The number of hydrogen-bond acceptors (Lipinski definition) is 4. The Hall–Kier alpha value is -2.58. The summed E-state index contributed by atoms with van der Waals surface area (Å²) in [6.45, 7) is 0.0657. The summed E-state index contributed by atoms with van der Waals surface area (Å²) in [5, 5.41) is 5.26. The Morgan fingerprint density at radius 3 is 2.31 bits per heavy atom. The molecule has 10 heteroatoms. The summed E-state index contributed by atoms with van der Waals surface area (Å²) in [7, 11) is -3.59. The van der Waals surface area contributed by atoms with E-state index in [4.69, 9.17) is 34.8 Å². The highest BCUT2D eigenvalue weighted by molar-refractivity contribution is 7.92. The SMILES string of the molecule is CS(=O)(=O)N(Cc1ccccc1Cl)c1ccc(C(=O)N/N=C\c2ccc(Cl)cc2Cl)cc1. The van der Waals surface area contributed by atoms with Crippen LogP contribution in [0, 0.1) is 0 Å². The Kier molecular flexibility index (Phi) is 7.79. The standard InChI is InChI=1S/C22H18Cl3N3O3S/c1-32(30,31)28(14-17-4-2-3-5-20(17)24)19-10-7-15(8-11-19)22(29)27-26-13-16-6-9-18(23)12-21(16)25/h2-13H,14H2,1H3,(H,27,29)/b26-13-. The molecule has 0 aliphatic carbocycles. The maximum absolute atomic E-state index is 12.4. The van der Waals surface area contributed by atoms with Crippen molar-refractivity contribution >= 4 is 62.6 Å². The van der Waals surface area contributed by atoms with Crippen LogP contribution < -0.4 is 9.73 Å². The zero-order valence-electron chi connectivity index (χ0n) is 16.8. The van der Waals surface area contributed by atoms with Crippen molar-refractivity contribution in [1.29, 1.82) is 0 Å². The second kappa shape index (κ2) is 10.4. The number of halogens is 3. The van der Waals surface area contributed by atoms with Crippen molar-refractivity contribution in [2.24, 2.45) is 5.10 Å². The molecule has 0 spiro atoms. The van der Waals surface area contributed by atoms with Crippen LogP contribution in [0.3, 0.4) is 0 Å². The first kappa shape index (κ1) is 24.1. The molecule has 3 aromatic rings. The Labute approximate surface area is 201 Å². The Bertz CT molecular complexity index is 1260. The van der Waals surface area contributed by atoms with Crippen LogP contribution in [0.15, 0.2) is 71.8 Å². The zero-order valence-corrected chi connectivity index (χ0v) is 19.9. The van der Waals surface area contributed by atoms with Gasteiger partial charge in [-0.3, -0.25) is 9.10 Å². The van der Waals surface area contributed by atoms with Gasteiger partial charge in [0, 0.05) is 21.2 Å². The topological polar surface area (TPSA) is 78.8 Å². The highest BCUT2D eigenvalue weighted by Crippen LogP contribution is 2.24. The number of nitrogens with one attached hydrogen (secondary N) is 1. The molecule has 6 nitrogen and oxygen atoms in total. The number of sulfonamides is 1. The summed E-state index contributed by atoms with van der Waals surface area (Å²) in [5.74, 6) is -0.463. The zero-order chi connectivity index (χ0) is 23.3. The van der Waals surface area contributed by atoms with Crippen LogP contribution in [0.4, 0.5) is 5.69 Å². The number of hydrogen-bond donors (Lipinski definition) is 1. The third kappa shape index (κ3) is 6.23. The van der Waals surface area contributed by atoms with Crippen molar-refractivity contribution in [3.63, 3.8) is 0 Å².